The number of fused-ring (bicyclic) bond motifs is 1. The number of aliphatic hydroxyl groups excluding tert-OH is 3. The zero-order valence-corrected chi connectivity index (χ0v) is 11.6. The molecule has 2 aromatic heterocycles. The molecular weight excluding hydrogens is 336 g/mol. The van der Waals surface area contributed by atoms with Gasteiger partial charge in [0, 0.05) is 0 Å². The first kappa shape index (κ1) is 13.6. The van der Waals surface area contributed by atoms with E-state index in [1.165, 1.54) is 6.33 Å². The van der Waals surface area contributed by atoms with Gasteiger partial charge in [-0.1, -0.05) is 0 Å². The summed E-state index contributed by atoms with van der Waals surface area (Å²) in [4.78, 5) is 22.9. The van der Waals surface area contributed by atoms with E-state index in [2.05, 4.69) is 30.9 Å². The van der Waals surface area contributed by atoms with Crippen LogP contribution in [0, 0.1) is 0 Å². The summed E-state index contributed by atoms with van der Waals surface area (Å²) in [7, 11) is 0. The summed E-state index contributed by atoms with van der Waals surface area (Å²) in [5.41, 5.74) is -0.120. The van der Waals surface area contributed by atoms with Crippen molar-refractivity contribution in [1.29, 1.82) is 0 Å². The second kappa shape index (κ2) is 4.90. The van der Waals surface area contributed by atoms with E-state index < -0.39 is 36.7 Å². The van der Waals surface area contributed by atoms with Crippen LogP contribution < -0.4 is 5.56 Å². The molecule has 108 valence electrons. The zero-order chi connectivity index (χ0) is 14.4. The quantitative estimate of drug-likeness (QED) is 0.486. The molecule has 4 atom stereocenters. The summed E-state index contributed by atoms with van der Waals surface area (Å²) in [6.45, 7) is -0.464. The highest BCUT2D eigenvalue weighted by Gasteiger charge is 2.43. The third kappa shape index (κ3) is 1.96. The minimum Gasteiger partial charge on any atom is -0.394 e. The summed E-state index contributed by atoms with van der Waals surface area (Å²) in [6, 6.07) is 0. The maximum Gasteiger partial charge on any atom is 0.281 e. The zero-order valence-electron chi connectivity index (χ0n) is 9.97. The van der Waals surface area contributed by atoms with Crippen LogP contribution in [0.3, 0.4) is 0 Å². The minimum atomic E-state index is -1.34. The van der Waals surface area contributed by atoms with Crippen molar-refractivity contribution in [1.82, 2.24) is 19.5 Å². The van der Waals surface area contributed by atoms with E-state index in [0.29, 0.717) is 4.73 Å². The molecule has 3 rings (SSSR count). The molecule has 1 unspecified atom stereocenters. The first-order chi connectivity index (χ1) is 9.52. The molecule has 0 amide bonds. The number of H-pyrrole nitrogens is 1. The van der Waals surface area contributed by atoms with Crippen molar-refractivity contribution in [2.45, 2.75) is 24.5 Å². The Labute approximate surface area is 120 Å². The van der Waals surface area contributed by atoms with Gasteiger partial charge < -0.3 is 25.0 Å². The van der Waals surface area contributed by atoms with Gasteiger partial charge in [0.25, 0.3) is 5.56 Å². The van der Waals surface area contributed by atoms with E-state index in [-0.39, 0.29) is 11.2 Å². The van der Waals surface area contributed by atoms with Crippen molar-refractivity contribution < 1.29 is 20.1 Å². The Bertz CT molecular complexity index is 701. The van der Waals surface area contributed by atoms with Crippen LogP contribution in [0.4, 0.5) is 0 Å². The molecule has 0 radical (unpaired) electrons. The van der Waals surface area contributed by atoms with E-state index in [9.17, 15) is 15.0 Å². The molecule has 0 bridgehead atoms. The number of imidazole rings is 1. The first-order valence-electron chi connectivity index (χ1n) is 5.77. The summed E-state index contributed by atoms with van der Waals surface area (Å²) < 4.78 is 6.69. The molecule has 1 aliphatic rings. The Morgan fingerprint density at radius 2 is 2.20 bits per heavy atom. The highest BCUT2D eigenvalue weighted by atomic mass is 79.9. The maximum atomic E-state index is 12.3. The van der Waals surface area contributed by atoms with Crippen LogP contribution in [-0.4, -0.2) is 59.8 Å². The topological polar surface area (TPSA) is 133 Å². The summed E-state index contributed by atoms with van der Waals surface area (Å²) >= 11 is 3.10. The lowest BCUT2D eigenvalue weighted by Crippen LogP contribution is -2.35. The second-order valence-electron chi connectivity index (χ2n) is 4.41. The SMILES string of the molecule is O=c1c2[nH]c(Br)nc2ncn1C1O[C@H](CO)[C@@H](O)[C@H]1O. The Hall–Kier alpha value is -1.33. The van der Waals surface area contributed by atoms with Gasteiger partial charge in [-0.05, 0) is 15.9 Å². The molecule has 20 heavy (non-hydrogen) atoms. The lowest BCUT2D eigenvalue weighted by molar-refractivity contribution is -0.0546. The predicted molar refractivity (Wildman–Crippen MR) is 68.9 cm³/mol. The number of hydrogen-bond acceptors (Lipinski definition) is 7. The fourth-order valence-electron chi connectivity index (χ4n) is 2.17. The molecule has 0 aromatic carbocycles. The number of hydrogen-bond donors (Lipinski definition) is 4. The number of ether oxygens (including phenoxy) is 1. The van der Waals surface area contributed by atoms with E-state index in [1.807, 2.05) is 0 Å². The maximum absolute atomic E-state index is 12.3. The third-order valence-corrected chi connectivity index (χ3v) is 3.58. The first-order valence-corrected chi connectivity index (χ1v) is 6.57. The van der Waals surface area contributed by atoms with Gasteiger partial charge in [-0.15, -0.1) is 0 Å². The van der Waals surface area contributed by atoms with Crippen molar-refractivity contribution in [3.8, 4) is 0 Å². The minimum absolute atomic E-state index is 0.150. The molecule has 3 heterocycles. The molecule has 2 aromatic rings. The van der Waals surface area contributed by atoms with E-state index >= 15 is 0 Å². The fraction of sp³-hybridized carbons (Fsp3) is 0.500. The smallest absolute Gasteiger partial charge is 0.281 e. The van der Waals surface area contributed by atoms with Gasteiger partial charge in [0.15, 0.2) is 22.1 Å². The van der Waals surface area contributed by atoms with Crippen LogP contribution in [0.2, 0.25) is 0 Å². The van der Waals surface area contributed by atoms with Crippen LogP contribution in [-0.2, 0) is 4.74 Å². The lowest BCUT2D eigenvalue weighted by atomic mass is 10.1. The Balaban J connectivity index is 2.07. The van der Waals surface area contributed by atoms with Crippen molar-refractivity contribution in [2.24, 2.45) is 0 Å². The highest BCUT2D eigenvalue weighted by molar-refractivity contribution is 9.10. The number of aromatic amines is 1. The molecule has 0 aliphatic carbocycles. The summed E-state index contributed by atoms with van der Waals surface area (Å²) in [5, 5.41) is 28.6. The van der Waals surface area contributed by atoms with Crippen LogP contribution in [0.1, 0.15) is 6.23 Å². The lowest BCUT2D eigenvalue weighted by Gasteiger charge is -2.16. The largest absolute Gasteiger partial charge is 0.394 e. The molecule has 0 saturated carbocycles. The summed E-state index contributed by atoms with van der Waals surface area (Å²) in [6.07, 6.45) is -3.51. The number of nitrogens with zero attached hydrogens (tertiary/aromatic N) is 3. The van der Waals surface area contributed by atoms with Gasteiger partial charge in [0.05, 0.1) is 6.61 Å². The fourth-order valence-corrected chi connectivity index (χ4v) is 2.53. The van der Waals surface area contributed by atoms with Gasteiger partial charge in [-0.2, -0.15) is 0 Å². The Kier molecular flexibility index (Phi) is 3.34. The van der Waals surface area contributed by atoms with Crippen LogP contribution in [0.5, 0.6) is 0 Å². The Morgan fingerprint density at radius 3 is 2.85 bits per heavy atom. The number of rotatable bonds is 2. The average Bonchev–Trinajstić information content (AvgIpc) is 2.93. The predicted octanol–water partition coefficient (Wildman–Crippen LogP) is -1.51. The number of nitrogens with one attached hydrogen (secondary N) is 1. The molecule has 1 saturated heterocycles. The molecule has 4 N–H and O–H groups in total. The molecule has 9 nitrogen and oxygen atoms in total. The Morgan fingerprint density at radius 1 is 1.45 bits per heavy atom. The van der Waals surface area contributed by atoms with Crippen molar-refractivity contribution in [3.05, 3.63) is 21.4 Å². The van der Waals surface area contributed by atoms with Crippen molar-refractivity contribution in [3.63, 3.8) is 0 Å². The highest BCUT2D eigenvalue weighted by Crippen LogP contribution is 2.28. The van der Waals surface area contributed by atoms with Gasteiger partial charge in [0.1, 0.15) is 24.6 Å². The van der Waals surface area contributed by atoms with Crippen LogP contribution >= 0.6 is 15.9 Å². The van der Waals surface area contributed by atoms with Crippen molar-refractivity contribution in [2.75, 3.05) is 6.61 Å². The average molecular weight is 347 g/mol. The van der Waals surface area contributed by atoms with Gasteiger partial charge in [-0.25, -0.2) is 9.97 Å². The number of aromatic nitrogens is 4. The molecular formula is C10H11BrN4O5. The normalized spacial score (nSPS) is 30.2. The summed E-state index contributed by atoms with van der Waals surface area (Å²) in [5.74, 6) is 0. The van der Waals surface area contributed by atoms with Crippen molar-refractivity contribution >= 4 is 27.1 Å². The second-order valence-corrected chi connectivity index (χ2v) is 5.16. The molecule has 1 aliphatic heterocycles. The van der Waals surface area contributed by atoms with Gasteiger partial charge >= 0.3 is 0 Å². The number of aliphatic hydroxyl groups is 3. The standard InChI is InChI=1S/C10H11BrN4O5/c11-10-13-4-7(14-10)12-2-15(8(4)19)9-6(18)5(17)3(1-16)20-9/h2-3,5-6,9,16-18H,1H2,(H,13,14)/t3-,5-,6-,9?/m1/s1. The third-order valence-electron chi connectivity index (χ3n) is 3.20. The number of halogens is 1. The van der Waals surface area contributed by atoms with Gasteiger partial charge in [-0.3, -0.25) is 9.36 Å². The van der Waals surface area contributed by atoms with Gasteiger partial charge in [0.2, 0.25) is 0 Å². The van der Waals surface area contributed by atoms with Crippen LogP contribution in [0.25, 0.3) is 11.2 Å². The van der Waals surface area contributed by atoms with E-state index in [4.69, 9.17) is 9.84 Å². The molecule has 10 heteroatoms. The monoisotopic (exact) mass is 346 g/mol. The van der Waals surface area contributed by atoms with Crippen LogP contribution in [0.15, 0.2) is 15.9 Å². The van der Waals surface area contributed by atoms with E-state index in [0.717, 1.165) is 4.57 Å². The van der Waals surface area contributed by atoms with E-state index in [1.54, 1.807) is 0 Å². The molecule has 1 fully saturated rings. The molecule has 0 spiro atoms.